The van der Waals surface area contributed by atoms with Crippen LogP contribution in [0.2, 0.25) is 0 Å². The van der Waals surface area contributed by atoms with Crippen LogP contribution in [0.1, 0.15) is 0 Å². The molecular formula is H4Ca31Cl4+62. The van der Waals surface area contributed by atoms with Gasteiger partial charge in [-0.25, -0.2) is 0 Å². The van der Waals surface area contributed by atoms with Crippen LogP contribution in [0, 0.1) is 0 Å². The first-order valence-electron chi connectivity index (χ1n) is 0. The normalized spacial score (nSPS) is 0. The van der Waals surface area contributed by atoms with Gasteiger partial charge < -0.3 is 0 Å². The van der Waals surface area contributed by atoms with Gasteiger partial charge in [0.1, 0.15) is 0 Å². The molecule has 0 heterocycles. The quantitative estimate of drug-likeness (QED) is 0.212. The van der Waals surface area contributed by atoms with Crippen LogP contribution in [-0.2, 0) is 0 Å². The molecule has 0 aliphatic carbocycles. The second kappa shape index (κ2) is 246. The number of hydrogen-bond donors (Lipinski definition) is 0. The molecule has 0 saturated carbocycles. The minimum Gasteiger partial charge on any atom is -0.147 e. The van der Waals surface area contributed by atoms with Crippen molar-refractivity contribution in [2.45, 2.75) is 0 Å². The Morgan fingerprint density at radius 1 is 0.0571 bits per heavy atom. The standard InChI is InChI=1S/31Ca.4ClH/h;;;;;;;;;;;;;;;;;;;;;;;;;;;;;;;4*1H/q31*+2;;;;. The summed E-state index contributed by atoms with van der Waals surface area (Å²) in [6, 6.07) is 0. The molecule has 0 fully saturated rings. The van der Waals surface area contributed by atoms with E-state index in [1.54, 1.807) is 0 Å². The Morgan fingerprint density at radius 3 is 0.0571 bits per heavy atom. The van der Waals surface area contributed by atoms with Crippen LogP contribution in [0.4, 0.5) is 0 Å². The zero-order valence-corrected chi connectivity index (χ0v) is 95.3. The fourth-order valence-electron chi connectivity index (χ4n) is 0. The largest absolute Gasteiger partial charge is 2.00 e. The fraction of sp³-hybridized carbons (Fsp3) is 0. The Morgan fingerprint density at radius 2 is 0.0571 bits per heavy atom. The summed E-state index contributed by atoms with van der Waals surface area (Å²) in [5.41, 5.74) is 0. The molecule has 0 aromatic heterocycles. The van der Waals surface area contributed by atoms with Crippen molar-refractivity contribution in [3.8, 4) is 0 Å². The predicted molar refractivity (Wildman–Crippen MR) is 207 cm³/mol. The summed E-state index contributed by atoms with van der Waals surface area (Å²) >= 11 is 0. The Hall–Kier alpha value is 40.2. The SMILES string of the molecule is Cl.Cl.Cl.Cl.[Ca+2].[Ca+2].[Ca+2].[Ca+2].[Ca+2].[Ca+2].[Ca+2].[Ca+2].[Ca+2].[Ca+2].[Ca+2].[Ca+2].[Ca+2].[Ca+2].[Ca+2].[Ca+2].[Ca+2].[Ca+2].[Ca+2].[Ca+2].[Ca+2].[Ca+2].[Ca+2].[Ca+2].[Ca+2].[Ca+2].[Ca+2].[Ca+2].[Ca+2].[Ca+2].[Ca+2]. The van der Waals surface area contributed by atoms with Gasteiger partial charge in [-0.2, -0.15) is 0 Å². The Labute approximate surface area is 1170 Å². The summed E-state index contributed by atoms with van der Waals surface area (Å²) in [6.45, 7) is 0. The maximum Gasteiger partial charge on any atom is 2.00 e. The minimum atomic E-state index is 0. The predicted octanol–water partition coefficient (Wildman–Crippen LogP) is -10.1. The van der Waals surface area contributed by atoms with Crippen LogP contribution < -0.4 is 0 Å². The Kier molecular flexibility index (Phi) is 1800. The maximum atomic E-state index is 0. The molecule has 0 spiro atoms. The molecule has 0 atom stereocenters. The average molecular weight is 1390 g/mol. The van der Waals surface area contributed by atoms with Gasteiger partial charge in [-0.1, -0.05) is 0 Å². The molecular weight excluding hydrogens is 1380 g/mol. The van der Waals surface area contributed by atoms with E-state index >= 15 is 0 Å². The molecule has 0 aromatic rings. The van der Waals surface area contributed by atoms with E-state index < -0.39 is 0 Å². The van der Waals surface area contributed by atoms with E-state index in [4.69, 9.17) is 0 Å². The van der Waals surface area contributed by atoms with Gasteiger partial charge in [0, 0.05) is 0 Å². The summed E-state index contributed by atoms with van der Waals surface area (Å²) in [5.74, 6) is 0. The van der Waals surface area contributed by atoms with Gasteiger partial charge in [-0.05, 0) is 0 Å². The van der Waals surface area contributed by atoms with Crippen LogP contribution in [0.25, 0.3) is 0 Å². The molecule has 0 radical (unpaired) electrons. The second-order valence-electron chi connectivity index (χ2n) is 0. The third-order valence-electron chi connectivity index (χ3n) is 0. The molecule has 0 saturated heterocycles. The first-order chi connectivity index (χ1) is 0. The number of rotatable bonds is 0. The van der Waals surface area contributed by atoms with Crippen LogP contribution >= 0.6 is 49.6 Å². The molecule has 0 bridgehead atoms. The summed E-state index contributed by atoms with van der Waals surface area (Å²) < 4.78 is 0. The molecule has 35 heteroatoms. The summed E-state index contributed by atoms with van der Waals surface area (Å²) in [5, 5.41) is 0. The minimum absolute atomic E-state index is 0. The van der Waals surface area contributed by atoms with Crippen molar-refractivity contribution in [2.24, 2.45) is 0 Å². The fourth-order valence-corrected chi connectivity index (χ4v) is 0. The smallest absolute Gasteiger partial charge is 0.147 e. The zero-order valence-electron chi connectivity index (χ0n) is 23.6. The molecule has 0 unspecified atom stereocenters. The van der Waals surface area contributed by atoms with E-state index in [-0.39, 0.29) is 1220 Å². The average Bonchev–Trinajstić information content (AvgIpc) is 0. The molecule has 0 N–H and O–H groups in total. The molecule has 0 aliphatic rings. The molecule has 0 rings (SSSR count). The monoisotopic (exact) mass is 1380 g/mol. The van der Waals surface area contributed by atoms with E-state index in [1.807, 2.05) is 0 Å². The number of halogens is 4. The van der Waals surface area contributed by atoms with Crippen molar-refractivity contribution in [1.29, 1.82) is 0 Å². The molecule has 35 heavy (non-hydrogen) atoms. The zero-order chi connectivity index (χ0) is 0. The van der Waals surface area contributed by atoms with Gasteiger partial charge in [0.05, 0.1) is 0 Å². The van der Waals surface area contributed by atoms with Crippen molar-refractivity contribution >= 4 is 1220 Å². The summed E-state index contributed by atoms with van der Waals surface area (Å²) in [7, 11) is 0. The molecule has 0 amide bonds. The maximum absolute atomic E-state index is 0. The van der Waals surface area contributed by atoms with Crippen molar-refractivity contribution in [2.75, 3.05) is 0 Å². The van der Waals surface area contributed by atoms with Crippen LogP contribution in [0.5, 0.6) is 0 Å². The van der Waals surface area contributed by atoms with Gasteiger partial charge in [0.25, 0.3) is 0 Å². The van der Waals surface area contributed by atoms with E-state index in [0.29, 0.717) is 0 Å². The van der Waals surface area contributed by atoms with Gasteiger partial charge in [0.15, 0.2) is 0 Å². The van der Waals surface area contributed by atoms with Crippen molar-refractivity contribution in [3.05, 3.63) is 0 Å². The molecule has 0 aliphatic heterocycles. The molecule has 0 aromatic carbocycles. The topological polar surface area (TPSA) is 0 Å². The van der Waals surface area contributed by atoms with Crippen molar-refractivity contribution < 1.29 is 0 Å². The van der Waals surface area contributed by atoms with Crippen LogP contribution in [0.3, 0.4) is 0 Å². The molecule has 32 valence electrons. The van der Waals surface area contributed by atoms with Gasteiger partial charge in [-0.15, -0.1) is 49.6 Å². The van der Waals surface area contributed by atoms with Crippen LogP contribution in [0.15, 0.2) is 0 Å². The first-order valence-corrected chi connectivity index (χ1v) is 0. The van der Waals surface area contributed by atoms with E-state index in [0.717, 1.165) is 0 Å². The molecule has 0 nitrogen and oxygen atoms in total. The third-order valence-corrected chi connectivity index (χ3v) is 0. The van der Waals surface area contributed by atoms with E-state index in [2.05, 4.69) is 0 Å². The van der Waals surface area contributed by atoms with Crippen molar-refractivity contribution in [3.63, 3.8) is 0 Å². The van der Waals surface area contributed by atoms with Crippen LogP contribution in [-0.4, -0.2) is 1170 Å². The van der Waals surface area contributed by atoms with Gasteiger partial charge >= 0.3 is 1170 Å². The van der Waals surface area contributed by atoms with Gasteiger partial charge in [0.2, 0.25) is 0 Å². The third kappa shape index (κ3) is 239. The second-order valence-corrected chi connectivity index (χ2v) is 0. The van der Waals surface area contributed by atoms with Crippen molar-refractivity contribution in [1.82, 2.24) is 0 Å². The summed E-state index contributed by atoms with van der Waals surface area (Å²) in [4.78, 5) is 0. The Balaban J connectivity index is 0. The van der Waals surface area contributed by atoms with Gasteiger partial charge in [-0.3, -0.25) is 0 Å². The summed E-state index contributed by atoms with van der Waals surface area (Å²) in [6.07, 6.45) is 0. The van der Waals surface area contributed by atoms with E-state index in [1.165, 1.54) is 0 Å². The van der Waals surface area contributed by atoms with E-state index in [9.17, 15) is 0 Å². The first kappa shape index (κ1) is 256. The Bertz CT molecular complexity index is 17.9. The number of hydrogen-bond acceptors (Lipinski definition) is 0.